The van der Waals surface area contributed by atoms with Gasteiger partial charge in [-0.2, -0.15) is 0 Å². The highest BCUT2D eigenvalue weighted by Crippen LogP contribution is 2.20. The Morgan fingerprint density at radius 2 is 1.79 bits per heavy atom. The number of thiazole rings is 1. The highest BCUT2D eigenvalue weighted by atomic mass is 32.1. The topological polar surface area (TPSA) is 42.4 Å². The molecule has 3 aromatic rings. The molecule has 0 atom stereocenters. The van der Waals surface area contributed by atoms with Crippen LogP contribution in [0.1, 0.15) is 51.6 Å². The van der Waals surface area contributed by atoms with E-state index < -0.39 is 0 Å². The Hall–Kier alpha value is -2.66. The quantitative estimate of drug-likeness (QED) is 0.504. The molecular formula is C24H28N2O2S. The number of rotatable bonds is 7. The average molecular weight is 409 g/mol. The van der Waals surface area contributed by atoms with Gasteiger partial charge in [-0.1, -0.05) is 23.8 Å². The molecule has 0 aliphatic carbocycles. The van der Waals surface area contributed by atoms with Crippen molar-refractivity contribution in [1.82, 2.24) is 9.88 Å². The van der Waals surface area contributed by atoms with E-state index in [1.54, 1.807) is 11.3 Å². The van der Waals surface area contributed by atoms with E-state index in [4.69, 9.17) is 4.74 Å². The molecule has 0 N–H and O–H groups in total. The first kappa shape index (κ1) is 21.1. The van der Waals surface area contributed by atoms with E-state index in [-0.39, 0.29) is 11.9 Å². The second-order valence-electron chi connectivity index (χ2n) is 7.74. The molecule has 0 aliphatic heterocycles. The lowest BCUT2D eigenvalue weighted by atomic mass is 10.1. The predicted octanol–water partition coefficient (Wildman–Crippen LogP) is 5.70. The van der Waals surface area contributed by atoms with Crippen molar-refractivity contribution in [2.45, 2.75) is 53.8 Å². The maximum atomic E-state index is 13.0. The number of aromatic nitrogens is 1. The molecular weight excluding hydrogens is 380 g/mol. The van der Waals surface area contributed by atoms with Crippen LogP contribution in [0.2, 0.25) is 0 Å². The fourth-order valence-corrected chi connectivity index (χ4v) is 3.95. The fraction of sp³-hybridized carbons (Fsp3) is 0.333. The Morgan fingerprint density at radius 3 is 2.45 bits per heavy atom. The molecule has 4 nitrogen and oxygen atoms in total. The highest BCUT2D eigenvalue weighted by Gasteiger charge is 2.20. The summed E-state index contributed by atoms with van der Waals surface area (Å²) in [6.07, 6.45) is 0. The van der Waals surface area contributed by atoms with Crippen LogP contribution in [0.5, 0.6) is 5.75 Å². The van der Waals surface area contributed by atoms with Crippen molar-refractivity contribution in [1.29, 1.82) is 0 Å². The zero-order valence-corrected chi connectivity index (χ0v) is 18.5. The summed E-state index contributed by atoms with van der Waals surface area (Å²) in [5.41, 5.74) is 5.05. The van der Waals surface area contributed by atoms with E-state index in [9.17, 15) is 4.79 Å². The molecule has 0 saturated carbocycles. The second kappa shape index (κ2) is 9.23. The van der Waals surface area contributed by atoms with Crippen LogP contribution in [0.3, 0.4) is 0 Å². The van der Waals surface area contributed by atoms with Gasteiger partial charge >= 0.3 is 0 Å². The summed E-state index contributed by atoms with van der Waals surface area (Å²) in [7, 11) is 0. The molecule has 0 radical (unpaired) electrons. The van der Waals surface area contributed by atoms with Crippen molar-refractivity contribution in [3.63, 3.8) is 0 Å². The van der Waals surface area contributed by atoms with E-state index in [1.165, 1.54) is 11.1 Å². The van der Waals surface area contributed by atoms with Crippen molar-refractivity contribution in [3.05, 3.63) is 80.8 Å². The maximum Gasteiger partial charge on any atom is 0.254 e. The van der Waals surface area contributed by atoms with Crippen LogP contribution in [0.25, 0.3) is 0 Å². The highest BCUT2D eigenvalue weighted by molar-refractivity contribution is 7.09. The number of carbonyl (C=O) groups is 1. The smallest absolute Gasteiger partial charge is 0.254 e. The van der Waals surface area contributed by atoms with Crippen LogP contribution in [-0.2, 0) is 13.2 Å². The summed E-state index contributed by atoms with van der Waals surface area (Å²) in [5, 5.41) is 2.92. The van der Waals surface area contributed by atoms with Gasteiger partial charge in [-0.25, -0.2) is 4.98 Å². The average Bonchev–Trinajstić information content (AvgIpc) is 3.10. The van der Waals surface area contributed by atoms with Crippen molar-refractivity contribution >= 4 is 17.2 Å². The number of ether oxygens (including phenoxy) is 1. The van der Waals surface area contributed by atoms with Gasteiger partial charge < -0.3 is 9.64 Å². The van der Waals surface area contributed by atoms with Crippen LogP contribution in [-0.4, -0.2) is 21.8 Å². The largest absolute Gasteiger partial charge is 0.486 e. The van der Waals surface area contributed by atoms with Gasteiger partial charge in [0.2, 0.25) is 0 Å². The lowest BCUT2D eigenvalue weighted by molar-refractivity contribution is 0.0688. The SMILES string of the molecule is Cc1cc(C)cc(OCc2nc(CN(C(=O)c3cccc(C)c3)C(C)C)cs2)c1. The number of nitrogens with zero attached hydrogens (tertiary/aromatic N) is 2. The molecule has 0 aliphatic rings. The molecule has 152 valence electrons. The van der Waals surface area contributed by atoms with Gasteiger partial charge in [0.1, 0.15) is 17.4 Å². The van der Waals surface area contributed by atoms with E-state index in [0.29, 0.717) is 18.7 Å². The first-order valence-electron chi connectivity index (χ1n) is 9.84. The molecule has 1 aromatic heterocycles. The van der Waals surface area contributed by atoms with Gasteiger partial charge in [0.15, 0.2) is 0 Å². The molecule has 2 aromatic carbocycles. The summed E-state index contributed by atoms with van der Waals surface area (Å²) >= 11 is 1.57. The van der Waals surface area contributed by atoms with E-state index >= 15 is 0 Å². The molecule has 0 saturated heterocycles. The summed E-state index contributed by atoms with van der Waals surface area (Å²) in [6.45, 7) is 11.1. The van der Waals surface area contributed by atoms with Crippen LogP contribution >= 0.6 is 11.3 Å². The van der Waals surface area contributed by atoms with Gasteiger partial charge in [-0.15, -0.1) is 11.3 Å². The van der Waals surface area contributed by atoms with Gasteiger partial charge in [0, 0.05) is 17.0 Å². The van der Waals surface area contributed by atoms with Crippen LogP contribution in [0.4, 0.5) is 0 Å². The number of benzene rings is 2. The van der Waals surface area contributed by atoms with Crippen LogP contribution < -0.4 is 4.74 Å². The Labute approximate surface area is 177 Å². The predicted molar refractivity (Wildman–Crippen MR) is 119 cm³/mol. The lowest BCUT2D eigenvalue weighted by Crippen LogP contribution is -2.36. The minimum Gasteiger partial charge on any atom is -0.486 e. The number of hydrogen-bond acceptors (Lipinski definition) is 4. The molecule has 0 spiro atoms. The molecule has 0 fully saturated rings. The molecule has 0 bridgehead atoms. The van der Waals surface area contributed by atoms with Gasteiger partial charge in [0.05, 0.1) is 12.2 Å². The monoisotopic (exact) mass is 408 g/mol. The van der Waals surface area contributed by atoms with Crippen molar-refractivity contribution in [2.75, 3.05) is 0 Å². The van der Waals surface area contributed by atoms with E-state index in [1.807, 2.05) is 67.4 Å². The lowest BCUT2D eigenvalue weighted by Gasteiger charge is -2.26. The number of amides is 1. The third-order valence-electron chi connectivity index (χ3n) is 4.64. The molecule has 1 heterocycles. The minimum absolute atomic E-state index is 0.0322. The first-order chi connectivity index (χ1) is 13.8. The first-order valence-corrected chi connectivity index (χ1v) is 10.7. The number of carbonyl (C=O) groups excluding carboxylic acids is 1. The molecule has 1 amide bonds. The Kier molecular flexibility index (Phi) is 6.70. The standard InChI is InChI=1S/C24H28N2O2S/c1-16(2)26(24(27)20-8-6-7-17(3)10-20)13-21-15-29-23(25-21)14-28-22-11-18(4)9-19(5)12-22/h6-12,15-16H,13-14H2,1-5H3. The summed E-state index contributed by atoms with van der Waals surface area (Å²) in [6, 6.07) is 14.0. The second-order valence-corrected chi connectivity index (χ2v) is 8.68. The van der Waals surface area contributed by atoms with Crippen molar-refractivity contribution in [2.24, 2.45) is 0 Å². The zero-order chi connectivity index (χ0) is 21.0. The van der Waals surface area contributed by atoms with Crippen molar-refractivity contribution in [3.8, 4) is 5.75 Å². The van der Waals surface area contributed by atoms with Gasteiger partial charge in [0.25, 0.3) is 5.91 Å². The Morgan fingerprint density at radius 1 is 1.07 bits per heavy atom. The summed E-state index contributed by atoms with van der Waals surface area (Å²) in [5.74, 6) is 0.891. The van der Waals surface area contributed by atoms with E-state index in [0.717, 1.165) is 22.0 Å². The van der Waals surface area contributed by atoms with Crippen LogP contribution in [0, 0.1) is 20.8 Å². The van der Waals surface area contributed by atoms with E-state index in [2.05, 4.69) is 24.9 Å². The number of aryl methyl sites for hydroxylation is 3. The molecule has 29 heavy (non-hydrogen) atoms. The van der Waals surface area contributed by atoms with Crippen LogP contribution in [0.15, 0.2) is 47.8 Å². The zero-order valence-electron chi connectivity index (χ0n) is 17.7. The maximum absolute atomic E-state index is 13.0. The fourth-order valence-electron chi connectivity index (χ4n) is 3.26. The third-order valence-corrected chi connectivity index (χ3v) is 5.51. The summed E-state index contributed by atoms with van der Waals surface area (Å²) < 4.78 is 5.92. The molecule has 3 rings (SSSR count). The molecule has 5 heteroatoms. The van der Waals surface area contributed by atoms with Gasteiger partial charge in [-0.05, 0) is 70.0 Å². The normalized spacial score (nSPS) is 11.0. The number of hydrogen-bond donors (Lipinski definition) is 0. The Bertz CT molecular complexity index is 974. The minimum atomic E-state index is 0.0322. The third kappa shape index (κ3) is 5.67. The van der Waals surface area contributed by atoms with Crippen molar-refractivity contribution < 1.29 is 9.53 Å². The molecule has 0 unspecified atom stereocenters. The van der Waals surface area contributed by atoms with Gasteiger partial charge in [-0.3, -0.25) is 4.79 Å². The summed E-state index contributed by atoms with van der Waals surface area (Å²) in [4.78, 5) is 19.5. The Balaban J connectivity index is 1.67.